The molecule has 0 spiro atoms. The van der Waals surface area contributed by atoms with Crippen LogP contribution in [-0.4, -0.2) is 20.5 Å². The van der Waals surface area contributed by atoms with Crippen molar-refractivity contribution in [2.45, 2.75) is 13.3 Å². The number of imidazole rings is 1. The lowest BCUT2D eigenvalue weighted by Crippen LogP contribution is -2.01. The molecule has 0 aliphatic rings. The van der Waals surface area contributed by atoms with Crippen LogP contribution in [0.15, 0.2) is 42.6 Å². The summed E-state index contributed by atoms with van der Waals surface area (Å²) in [6.07, 6.45) is 2.68. The SMILES string of the molecule is CCc1ccc(-c2nc3c(C(=O)O)cccn3c2N)cc1. The van der Waals surface area contributed by atoms with Crippen molar-refractivity contribution in [2.75, 3.05) is 5.73 Å². The fourth-order valence-electron chi connectivity index (χ4n) is 2.36. The summed E-state index contributed by atoms with van der Waals surface area (Å²) in [5.41, 5.74) is 9.33. The molecule has 5 heteroatoms. The van der Waals surface area contributed by atoms with E-state index in [0.717, 1.165) is 12.0 Å². The first-order chi connectivity index (χ1) is 10.1. The monoisotopic (exact) mass is 281 g/mol. The molecule has 0 fully saturated rings. The Morgan fingerprint density at radius 2 is 2.00 bits per heavy atom. The van der Waals surface area contributed by atoms with Crippen molar-refractivity contribution < 1.29 is 9.90 Å². The number of hydrogen-bond donors (Lipinski definition) is 2. The van der Waals surface area contributed by atoms with E-state index in [2.05, 4.69) is 11.9 Å². The lowest BCUT2D eigenvalue weighted by Gasteiger charge is -2.01. The van der Waals surface area contributed by atoms with E-state index in [9.17, 15) is 9.90 Å². The zero-order valence-electron chi connectivity index (χ0n) is 11.6. The van der Waals surface area contributed by atoms with Gasteiger partial charge < -0.3 is 10.8 Å². The van der Waals surface area contributed by atoms with E-state index in [1.165, 1.54) is 11.6 Å². The van der Waals surface area contributed by atoms with Crippen LogP contribution in [0, 0.1) is 0 Å². The number of hydrogen-bond acceptors (Lipinski definition) is 3. The van der Waals surface area contributed by atoms with Gasteiger partial charge in [0, 0.05) is 11.8 Å². The van der Waals surface area contributed by atoms with E-state index < -0.39 is 5.97 Å². The zero-order chi connectivity index (χ0) is 15.0. The van der Waals surface area contributed by atoms with Crippen molar-refractivity contribution >= 4 is 17.4 Å². The molecule has 3 N–H and O–H groups in total. The highest BCUT2D eigenvalue weighted by molar-refractivity contribution is 5.95. The fraction of sp³-hybridized carbons (Fsp3) is 0.125. The molecule has 21 heavy (non-hydrogen) atoms. The first kappa shape index (κ1) is 13.2. The Morgan fingerprint density at radius 1 is 1.29 bits per heavy atom. The number of carboxylic acids is 1. The van der Waals surface area contributed by atoms with Gasteiger partial charge in [0.15, 0.2) is 5.65 Å². The van der Waals surface area contributed by atoms with Gasteiger partial charge in [-0.3, -0.25) is 4.40 Å². The highest BCUT2D eigenvalue weighted by atomic mass is 16.4. The number of anilines is 1. The predicted molar refractivity (Wildman–Crippen MR) is 81.4 cm³/mol. The molecular formula is C16H15N3O2. The Kier molecular flexibility index (Phi) is 3.10. The molecule has 3 aromatic rings. The number of rotatable bonds is 3. The van der Waals surface area contributed by atoms with E-state index in [4.69, 9.17) is 5.73 Å². The fourth-order valence-corrected chi connectivity index (χ4v) is 2.36. The van der Waals surface area contributed by atoms with Crippen LogP contribution in [0.3, 0.4) is 0 Å². The van der Waals surface area contributed by atoms with Gasteiger partial charge in [0.1, 0.15) is 17.1 Å². The van der Waals surface area contributed by atoms with Gasteiger partial charge in [0.2, 0.25) is 0 Å². The summed E-state index contributed by atoms with van der Waals surface area (Å²) in [5.74, 6) is -0.573. The molecule has 0 atom stereocenters. The Balaban J connectivity index is 2.21. The number of aromatic carboxylic acids is 1. The van der Waals surface area contributed by atoms with Gasteiger partial charge in [-0.1, -0.05) is 31.2 Å². The smallest absolute Gasteiger partial charge is 0.339 e. The third-order valence-corrected chi connectivity index (χ3v) is 3.55. The number of aryl methyl sites for hydroxylation is 1. The van der Waals surface area contributed by atoms with E-state index in [1.54, 1.807) is 16.7 Å². The maximum Gasteiger partial charge on any atom is 0.339 e. The molecule has 5 nitrogen and oxygen atoms in total. The van der Waals surface area contributed by atoms with Crippen LogP contribution in [0.25, 0.3) is 16.9 Å². The number of carbonyl (C=O) groups is 1. The van der Waals surface area contributed by atoms with Crippen LogP contribution in [0.2, 0.25) is 0 Å². The molecule has 106 valence electrons. The normalized spacial score (nSPS) is 10.9. The lowest BCUT2D eigenvalue weighted by molar-refractivity contribution is 0.0698. The van der Waals surface area contributed by atoms with Crippen molar-refractivity contribution in [3.8, 4) is 11.3 Å². The molecule has 0 bridgehead atoms. The summed E-state index contributed by atoms with van der Waals surface area (Å²) in [6.45, 7) is 2.09. The number of pyridine rings is 1. The van der Waals surface area contributed by atoms with Gasteiger partial charge in [0.05, 0.1) is 0 Å². The summed E-state index contributed by atoms with van der Waals surface area (Å²) in [7, 11) is 0. The summed E-state index contributed by atoms with van der Waals surface area (Å²) in [5, 5.41) is 9.23. The van der Waals surface area contributed by atoms with Crippen molar-refractivity contribution in [1.82, 2.24) is 9.38 Å². The lowest BCUT2D eigenvalue weighted by atomic mass is 10.1. The topological polar surface area (TPSA) is 80.6 Å². The average Bonchev–Trinajstić information content (AvgIpc) is 2.84. The summed E-state index contributed by atoms with van der Waals surface area (Å²) in [4.78, 5) is 15.7. The van der Waals surface area contributed by atoms with E-state index in [-0.39, 0.29) is 5.56 Å². The largest absolute Gasteiger partial charge is 0.478 e. The van der Waals surface area contributed by atoms with Crippen molar-refractivity contribution in [1.29, 1.82) is 0 Å². The van der Waals surface area contributed by atoms with Gasteiger partial charge in [-0.2, -0.15) is 0 Å². The maximum absolute atomic E-state index is 11.3. The Labute approximate surface area is 121 Å². The Bertz CT molecular complexity index is 819. The van der Waals surface area contributed by atoms with Crippen LogP contribution in [0.4, 0.5) is 5.82 Å². The Morgan fingerprint density at radius 3 is 2.62 bits per heavy atom. The standard InChI is InChI=1S/C16H15N3O2/c1-2-10-5-7-11(8-6-10)13-14(17)19-9-3-4-12(16(20)21)15(19)18-13/h3-9H,2,17H2,1H3,(H,20,21). The molecule has 0 radical (unpaired) electrons. The van der Waals surface area contributed by atoms with Gasteiger partial charge in [0.25, 0.3) is 0 Å². The molecule has 0 aliphatic heterocycles. The molecule has 0 saturated carbocycles. The number of carboxylic acid groups (broad SMARTS) is 1. The highest BCUT2D eigenvalue weighted by Gasteiger charge is 2.16. The number of nitrogens with two attached hydrogens (primary N) is 1. The maximum atomic E-state index is 11.3. The first-order valence-electron chi connectivity index (χ1n) is 6.71. The van der Waals surface area contributed by atoms with E-state index in [1.807, 2.05) is 24.3 Å². The summed E-state index contributed by atoms with van der Waals surface area (Å²) < 4.78 is 1.60. The molecule has 2 aromatic heterocycles. The Hall–Kier alpha value is -2.82. The van der Waals surface area contributed by atoms with Crippen molar-refractivity contribution in [2.24, 2.45) is 0 Å². The van der Waals surface area contributed by atoms with Crippen LogP contribution in [0.5, 0.6) is 0 Å². The van der Waals surface area contributed by atoms with Gasteiger partial charge in [-0.05, 0) is 24.1 Å². The van der Waals surface area contributed by atoms with Gasteiger partial charge in [-0.15, -0.1) is 0 Å². The minimum absolute atomic E-state index is 0.139. The number of fused-ring (bicyclic) bond motifs is 1. The van der Waals surface area contributed by atoms with Gasteiger partial charge >= 0.3 is 5.97 Å². The number of benzene rings is 1. The number of aromatic nitrogens is 2. The van der Waals surface area contributed by atoms with E-state index in [0.29, 0.717) is 17.2 Å². The average molecular weight is 281 g/mol. The second kappa shape index (κ2) is 4.94. The summed E-state index contributed by atoms with van der Waals surface area (Å²) in [6, 6.07) is 11.1. The third kappa shape index (κ3) is 2.12. The number of nitrogens with zero attached hydrogens (tertiary/aromatic N) is 2. The van der Waals surface area contributed by atoms with Crippen LogP contribution in [-0.2, 0) is 6.42 Å². The zero-order valence-corrected chi connectivity index (χ0v) is 11.6. The second-order valence-corrected chi connectivity index (χ2v) is 4.82. The molecule has 2 heterocycles. The molecule has 1 aromatic carbocycles. The molecule has 0 saturated heterocycles. The highest BCUT2D eigenvalue weighted by Crippen LogP contribution is 2.28. The quantitative estimate of drug-likeness (QED) is 0.773. The molecule has 3 rings (SSSR count). The third-order valence-electron chi connectivity index (χ3n) is 3.55. The van der Waals surface area contributed by atoms with Crippen LogP contribution < -0.4 is 5.73 Å². The first-order valence-corrected chi connectivity index (χ1v) is 6.71. The second-order valence-electron chi connectivity index (χ2n) is 4.82. The van der Waals surface area contributed by atoms with Crippen molar-refractivity contribution in [3.05, 3.63) is 53.7 Å². The van der Waals surface area contributed by atoms with Crippen molar-refractivity contribution in [3.63, 3.8) is 0 Å². The molecule has 0 amide bonds. The molecule has 0 aliphatic carbocycles. The van der Waals surface area contributed by atoms with Crippen LogP contribution in [0.1, 0.15) is 22.8 Å². The molecular weight excluding hydrogens is 266 g/mol. The minimum Gasteiger partial charge on any atom is -0.478 e. The minimum atomic E-state index is -1.02. The van der Waals surface area contributed by atoms with E-state index >= 15 is 0 Å². The number of nitrogen functional groups attached to an aromatic ring is 1. The predicted octanol–water partition coefficient (Wildman–Crippen LogP) is 2.84. The molecule has 0 unspecified atom stereocenters. The summed E-state index contributed by atoms with van der Waals surface area (Å²) >= 11 is 0. The van der Waals surface area contributed by atoms with Gasteiger partial charge in [-0.25, -0.2) is 9.78 Å². The van der Waals surface area contributed by atoms with Crippen LogP contribution >= 0.6 is 0 Å².